The summed E-state index contributed by atoms with van der Waals surface area (Å²) in [5, 5.41) is 0. The molecule has 0 spiro atoms. The van der Waals surface area contributed by atoms with Crippen molar-refractivity contribution >= 4 is 12.1 Å². The van der Waals surface area contributed by atoms with Gasteiger partial charge in [0.25, 0.3) is 0 Å². The van der Waals surface area contributed by atoms with Crippen molar-refractivity contribution in [3.63, 3.8) is 0 Å². The van der Waals surface area contributed by atoms with Crippen LogP contribution in [0.25, 0.3) is 11.1 Å². The van der Waals surface area contributed by atoms with Crippen LogP contribution in [0.15, 0.2) is 48.5 Å². The Morgan fingerprint density at radius 2 is 1.52 bits per heavy atom. The minimum absolute atomic E-state index is 0.0639. The Morgan fingerprint density at radius 3 is 2.07 bits per heavy atom. The molecule has 140 valence electrons. The number of hydrogen-bond acceptors (Lipinski definition) is 4. The monoisotopic (exact) mass is 365 g/mol. The summed E-state index contributed by atoms with van der Waals surface area (Å²) >= 11 is 0. The first-order valence-corrected chi connectivity index (χ1v) is 9.36. The number of carbonyl (C=O) groups is 2. The molecule has 1 aliphatic heterocycles. The number of esters is 1. The third-order valence-electron chi connectivity index (χ3n) is 5.62. The van der Waals surface area contributed by atoms with E-state index in [1.165, 1.54) is 29.4 Å². The predicted octanol–water partition coefficient (Wildman–Crippen LogP) is 3.82. The molecule has 1 aliphatic carbocycles. The molecule has 1 heterocycles. The normalized spacial score (nSPS) is 16.6. The van der Waals surface area contributed by atoms with Crippen molar-refractivity contribution in [2.75, 3.05) is 26.8 Å². The van der Waals surface area contributed by atoms with Gasteiger partial charge >= 0.3 is 12.1 Å². The molecule has 1 saturated heterocycles. The number of fused-ring (bicyclic) bond motifs is 3. The van der Waals surface area contributed by atoms with E-state index in [0.717, 1.165) is 0 Å². The Morgan fingerprint density at radius 1 is 0.963 bits per heavy atom. The standard InChI is InChI=1S/C22H23NO4/c1-26-21(24)15-10-12-23(13-11-15)22(25)27-14-20-18-8-4-2-6-16(18)17-7-3-5-9-19(17)20/h2-9,15,20H,10-14H2,1H3. The molecule has 1 fully saturated rings. The number of piperidine rings is 1. The highest BCUT2D eigenvalue weighted by atomic mass is 16.6. The second-order valence-corrected chi connectivity index (χ2v) is 7.09. The van der Waals surface area contributed by atoms with Gasteiger partial charge in [-0.2, -0.15) is 0 Å². The second kappa shape index (κ2) is 7.43. The minimum Gasteiger partial charge on any atom is -0.469 e. The van der Waals surface area contributed by atoms with E-state index in [2.05, 4.69) is 24.3 Å². The highest BCUT2D eigenvalue weighted by Crippen LogP contribution is 2.44. The van der Waals surface area contributed by atoms with Gasteiger partial charge in [-0.3, -0.25) is 4.79 Å². The van der Waals surface area contributed by atoms with Crippen LogP contribution in [0.4, 0.5) is 4.79 Å². The van der Waals surface area contributed by atoms with Gasteiger partial charge in [0, 0.05) is 19.0 Å². The van der Waals surface area contributed by atoms with Crippen LogP contribution in [0.1, 0.15) is 29.9 Å². The zero-order valence-electron chi connectivity index (χ0n) is 15.4. The third-order valence-corrected chi connectivity index (χ3v) is 5.62. The van der Waals surface area contributed by atoms with Crippen molar-refractivity contribution in [1.29, 1.82) is 0 Å². The van der Waals surface area contributed by atoms with Gasteiger partial charge in [-0.25, -0.2) is 4.79 Å². The molecule has 0 N–H and O–H groups in total. The summed E-state index contributed by atoms with van der Waals surface area (Å²) in [4.78, 5) is 25.8. The van der Waals surface area contributed by atoms with E-state index in [1.807, 2.05) is 24.3 Å². The Bertz CT molecular complexity index is 809. The number of rotatable bonds is 3. The molecular weight excluding hydrogens is 342 g/mol. The SMILES string of the molecule is COC(=O)C1CCN(C(=O)OCC2c3ccccc3-c3ccccc32)CC1. The van der Waals surface area contributed by atoms with Crippen LogP contribution in [-0.2, 0) is 14.3 Å². The maximum Gasteiger partial charge on any atom is 0.409 e. The summed E-state index contributed by atoms with van der Waals surface area (Å²) < 4.78 is 10.5. The van der Waals surface area contributed by atoms with Gasteiger partial charge in [0.2, 0.25) is 0 Å². The van der Waals surface area contributed by atoms with Crippen LogP contribution in [0, 0.1) is 5.92 Å². The Kier molecular flexibility index (Phi) is 4.84. The lowest BCUT2D eigenvalue weighted by atomic mass is 9.97. The molecule has 2 aliphatic rings. The molecule has 0 atom stereocenters. The fourth-order valence-electron chi connectivity index (χ4n) is 4.15. The van der Waals surface area contributed by atoms with Crippen molar-refractivity contribution in [2.24, 2.45) is 5.92 Å². The van der Waals surface area contributed by atoms with Crippen molar-refractivity contribution in [3.05, 3.63) is 59.7 Å². The molecule has 0 unspecified atom stereocenters. The number of amides is 1. The topological polar surface area (TPSA) is 55.8 Å². The quantitative estimate of drug-likeness (QED) is 0.776. The maximum atomic E-state index is 12.5. The van der Waals surface area contributed by atoms with Gasteiger partial charge in [0.05, 0.1) is 13.0 Å². The maximum absolute atomic E-state index is 12.5. The molecule has 0 radical (unpaired) electrons. The summed E-state index contributed by atoms with van der Waals surface area (Å²) in [6.45, 7) is 1.37. The van der Waals surface area contributed by atoms with Crippen LogP contribution in [0.2, 0.25) is 0 Å². The first kappa shape index (κ1) is 17.6. The molecule has 2 aromatic rings. The first-order valence-electron chi connectivity index (χ1n) is 9.36. The average molecular weight is 365 g/mol. The van der Waals surface area contributed by atoms with Crippen molar-refractivity contribution in [3.8, 4) is 11.1 Å². The van der Waals surface area contributed by atoms with Gasteiger partial charge in [-0.1, -0.05) is 48.5 Å². The van der Waals surface area contributed by atoms with E-state index < -0.39 is 0 Å². The number of hydrogen-bond donors (Lipinski definition) is 0. The Hall–Kier alpha value is -2.82. The molecule has 5 nitrogen and oxygen atoms in total. The lowest BCUT2D eigenvalue weighted by molar-refractivity contribution is -0.146. The molecule has 5 heteroatoms. The zero-order chi connectivity index (χ0) is 18.8. The molecular formula is C22H23NO4. The average Bonchev–Trinajstić information content (AvgIpc) is 3.05. The van der Waals surface area contributed by atoms with Crippen LogP contribution in [0.5, 0.6) is 0 Å². The summed E-state index contributed by atoms with van der Waals surface area (Å²) in [6, 6.07) is 16.6. The molecule has 0 aromatic heterocycles. The summed E-state index contributed by atoms with van der Waals surface area (Å²) in [6.07, 6.45) is 0.938. The fraction of sp³-hybridized carbons (Fsp3) is 0.364. The van der Waals surface area contributed by atoms with Gasteiger partial charge < -0.3 is 14.4 Å². The molecule has 1 amide bonds. The van der Waals surface area contributed by atoms with E-state index in [-0.39, 0.29) is 23.9 Å². The largest absolute Gasteiger partial charge is 0.469 e. The van der Waals surface area contributed by atoms with Gasteiger partial charge in [-0.05, 0) is 35.1 Å². The minimum atomic E-state index is -0.305. The van der Waals surface area contributed by atoms with Crippen LogP contribution < -0.4 is 0 Å². The zero-order valence-corrected chi connectivity index (χ0v) is 15.4. The second-order valence-electron chi connectivity index (χ2n) is 7.09. The lowest BCUT2D eigenvalue weighted by Gasteiger charge is -2.30. The van der Waals surface area contributed by atoms with Crippen LogP contribution in [-0.4, -0.2) is 43.8 Å². The van der Waals surface area contributed by atoms with Crippen LogP contribution >= 0.6 is 0 Å². The molecule has 0 bridgehead atoms. The van der Waals surface area contributed by atoms with Gasteiger partial charge in [0.15, 0.2) is 0 Å². The van der Waals surface area contributed by atoms with E-state index in [4.69, 9.17) is 9.47 Å². The van der Waals surface area contributed by atoms with E-state index in [1.54, 1.807) is 4.90 Å². The Labute approximate surface area is 158 Å². The Balaban J connectivity index is 1.41. The van der Waals surface area contributed by atoms with Crippen molar-refractivity contribution < 1.29 is 19.1 Å². The fourth-order valence-corrected chi connectivity index (χ4v) is 4.15. The predicted molar refractivity (Wildman–Crippen MR) is 101 cm³/mol. The van der Waals surface area contributed by atoms with Gasteiger partial charge in [0.1, 0.15) is 6.61 Å². The van der Waals surface area contributed by atoms with E-state index in [0.29, 0.717) is 32.5 Å². The summed E-state index contributed by atoms with van der Waals surface area (Å²) in [7, 11) is 1.40. The smallest absolute Gasteiger partial charge is 0.409 e. The summed E-state index contributed by atoms with van der Waals surface area (Å²) in [5.41, 5.74) is 4.84. The molecule has 4 rings (SSSR count). The number of carbonyl (C=O) groups excluding carboxylic acids is 2. The number of ether oxygens (including phenoxy) is 2. The summed E-state index contributed by atoms with van der Waals surface area (Å²) in [5.74, 6) is -0.246. The van der Waals surface area contributed by atoms with Crippen LogP contribution in [0.3, 0.4) is 0 Å². The lowest BCUT2D eigenvalue weighted by Crippen LogP contribution is -2.41. The first-order chi connectivity index (χ1) is 13.2. The highest BCUT2D eigenvalue weighted by Gasteiger charge is 2.31. The number of likely N-dealkylation sites (tertiary alicyclic amines) is 1. The highest BCUT2D eigenvalue weighted by molar-refractivity contribution is 5.79. The number of methoxy groups -OCH3 is 1. The molecule has 2 aromatic carbocycles. The van der Waals surface area contributed by atoms with Gasteiger partial charge in [-0.15, -0.1) is 0 Å². The van der Waals surface area contributed by atoms with Crippen molar-refractivity contribution in [1.82, 2.24) is 4.90 Å². The van der Waals surface area contributed by atoms with Crippen molar-refractivity contribution in [2.45, 2.75) is 18.8 Å². The van der Waals surface area contributed by atoms with E-state index in [9.17, 15) is 9.59 Å². The molecule has 0 saturated carbocycles. The number of benzene rings is 2. The number of nitrogens with zero attached hydrogens (tertiary/aromatic N) is 1. The molecule has 27 heavy (non-hydrogen) atoms. The van der Waals surface area contributed by atoms with E-state index >= 15 is 0 Å². The third kappa shape index (κ3) is 3.29.